The molecule has 0 aromatic heterocycles. The van der Waals surface area contributed by atoms with Crippen molar-refractivity contribution in [3.8, 4) is 0 Å². The maximum Gasteiger partial charge on any atom is 0.130 e. The highest BCUT2D eigenvalue weighted by Crippen LogP contribution is 2.16. The molecule has 1 aromatic carbocycles. The number of hydrogen-bond donors (Lipinski definition) is 1. The van der Waals surface area contributed by atoms with Gasteiger partial charge in [0, 0.05) is 30.8 Å². The van der Waals surface area contributed by atoms with Gasteiger partial charge in [-0.3, -0.25) is 4.90 Å². The quantitative estimate of drug-likeness (QED) is 0.758. The van der Waals surface area contributed by atoms with Crippen LogP contribution in [-0.2, 0) is 11.3 Å². The van der Waals surface area contributed by atoms with Crippen LogP contribution in [0.5, 0.6) is 0 Å². The predicted molar refractivity (Wildman–Crippen MR) is 83.6 cm³/mol. The molecular formula is C17H27F2NO2. The molecule has 0 aliphatic carbocycles. The summed E-state index contributed by atoms with van der Waals surface area (Å²) in [5, 5.41) is 10.1. The lowest BCUT2D eigenvalue weighted by Gasteiger charge is -2.30. The molecule has 22 heavy (non-hydrogen) atoms. The molecule has 0 radical (unpaired) electrons. The molecule has 3 nitrogen and oxygen atoms in total. The molecule has 0 saturated carbocycles. The van der Waals surface area contributed by atoms with Crippen molar-refractivity contribution in [2.24, 2.45) is 0 Å². The van der Waals surface area contributed by atoms with E-state index in [1.165, 1.54) is 12.1 Å². The van der Waals surface area contributed by atoms with Crippen molar-refractivity contribution < 1.29 is 18.6 Å². The van der Waals surface area contributed by atoms with E-state index >= 15 is 0 Å². The number of rotatable bonds is 9. The zero-order valence-electron chi connectivity index (χ0n) is 13.9. The Hall–Kier alpha value is -1.04. The van der Waals surface area contributed by atoms with Crippen molar-refractivity contribution in [2.45, 2.75) is 58.9 Å². The first-order valence-electron chi connectivity index (χ1n) is 7.81. The van der Waals surface area contributed by atoms with Crippen molar-refractivity contribution in [1.29, 1.82) is 0 Å². The highest BCUT2D eigenvalue weighted by molar-refractivity contribution is 5.18. The maximum absolute atomic E-state index is 13.8. The average molecular weight is 315 g/mol. The minimum atomic E-state index is -0.639. The first kappa shape index (κ1) is 19.0. The largest absolute Gasteiger partial charge is 0.389 e. The van der Waals surface area contributed by atoms with Crippen LogP contribution in [0.2, 0.25) is 0 Å². The van der Waals surface area contributed by atoms with Gasteiger partial charge in [0.2, 0.25) is 0 Å². The minimum Gasteiger partial charge on any atom is -0.389 e. The molecule has 0 fully saturated rings. The second kappa shape index (κ2) is 9.18. The molecule has 5 heteroatoms. The van der Waals surface area contributed by atoms with Gasteiger partial charge in [0.15, 0.2) is 0 Å². The SMILES string of the molecule is CC[C@@H](C)N(Cc1ccc(F)cc1F)C[C@@H](O)COC(C)C. The van der Waals surface area contributed by atoms with E-state index in [0.717, 1.165) is 12.5 Å². The zero-order valence-corrected chi connectivity index (χ0v) is 13.9. The third-order valence-corrected chi connectivity index (χ3v) is 3.67. The standard InChI is InChI=1S/C17H27F2NO2/c1-5-13(4)20(10-16(21)11-22-12(2)3)9-14-6-7-15(18)8-17(14)19/h6-8,12-13,16,21H,5,9-11H2,1-4H3/t13-,16-/m1/s1. The van der Waals surface area contributed by atoms with E-state index in [9.17, 15) is 13.9 Å². The van der Waals surface area contributed by atoms with Crippen molar-refractivity contribution in [1.82, 2.24) is 4.90 Å². The second-order valence-corrected chi connectivity index (χ2v) is 5.96. The lowest BCUT2D eigenvalue weighted by Crippen LogP contribution is -2.40. The molecule has 0 heterocycles. The maximum atomic E-state index is 13.8. The van der Waals surface area contributed by atoms with Crippen molar-refractivity contribution in [3.63, 3.8) is 0 Å². The van der Waals surface area contributed by atoms with Crippen molar-refractivity contribution in [3.05, 3.63) is 35.4 Å². The van der Waals surface area contributed by atoms with Crippen LogP contribution in [0.3, 0.4) is 0 Å². The van der Waals surface area contributed by atoms with Crippen LogP contribution in [0.25, 0.3) is 0 Å². The van der Waals surface area contributed by atoms with E-state index in [0.29, 0.717) is 18.7 Å². The Morgan fingerprint density at radius 3 is 2.45 bits per heavy atom. The molecular weight excluding hydrogens is 288 g/mol. The van der Waals surface area contributed by atoms with Crippen LogP contribution in [0.4, 0.5) is 8.78 Å². The van der Waals surface area contributed by atoms with Gasteiger partial charge < -0.3 is 9.84 Å². The van der Waals surface area contributed by atoms with Gasteiger partial charge in [0.05, 0.1) is 18.8 Å². The first-order valence-corrected chi connectivity index (χ1v) is 7.81. The van der Waals surface area contributed by atoms with Gasteiger partial charge >= 0.3 is 0 Å². The third kappa shape index (κ3) is 6.38. The molecule has 126 valence electrons. The van der Waals surface area contributed by atoms with Crippen LogP contribution < -0.4 is 0 Å². The van der Waals surface area contributed by atoms with Crippen LogP contribution in [0.1, 0.15) is 39.7 Å². The van der Waals surface area contributed by atoms with Crippen LogP contribution >= 0.6 is 0 Å². The summed E-state index contributed by atoms with van der Waals surface area (Å²) < 4.78 is 32.2. The van der Waals surface area contributed by atoms with Gasteiger partial charge in [-0.15, -0.1) is 0 Å². The van der Waals surface area contributed by atoms with Gasteiger partial charge in [-0.2, -0.15) is 0 Å². The number of aliphatic hydroxyl groups excluding tert-OH is 1. The molecule has 1 rings (SSSR count). The molecule has 1 aromatic rings. The number of halogens is 2. The zero-order chi connectivity index (χ0) is 16.7. The Balaban J connectivity index is 2.72. The summed E-state index contributed by atoms with van der Waals surface area (Å²) in [5.41, 5.74) is 0.429. The normalized spacial score (nSPS) is 14.6. The van der Waals surface area contributed by atoms with E-state index < -0.39 is 17.7 Å². The van der Waals surface area contributed by atoms with E-state index in [4.69, 9.17) is 4.74 Å². The molecule has 0 aliphatic rings. The monoisotopic (exact) mass is 315 g/mol. The van der Waals surface area contributed by atoms with E-state index in [2.05, 4.69) is 0 Å². The molecule has 0 saturated heterocycles. The molecule has 0 spiro atoms. The molecule has 2 atom stereocenters. The summed E-state index contributed by atoms with van der Waals surface area (Å²) in [7, 11) is 0. The van der Waals surface area contributed by atoms with Crippen molar-refractivity contribution in [2.75, 3.05) is 13.2 Å². The summed E-state index contributed by atoms with van der Waals surface area (Å²) in [4.78, 5) is 1.99. The highest BCUT2D eigenvalue weighted by Gasteiger charge is 2.19. The van der Waals surface area contributed by atoms with Crippen LogP contribution in [0.15, 0.2) is 18.2 Å². The highest BCUT2D eigenvalue weighted by atomic mass is 19.1. The van der Waals surface area contributed by atoms with Gasteiger partial charge in [-0.1, -0.05) is 13.0 Å². The molecule has 0 amide bonds. The Morgan fingerprint density at radius 1 is 1.23 bits per heavy atom. The molecule has 0 bridgehead atoms. The van der Waals surface area contributed by atoms with Gasteiger partial charge in [-0.05, 0) is 33.3 Å². The molecule has 0 unspecified atom stereocenters. The smallest absolute Gasteiger partial charge is 0.130 e. The van der Waals surface area contributed by atoms with E-state index in [1.54, 1.807) is 0 Å². The Kier molecular flexibility index (Phi) is 7.93. The topological polar surface area (TPSA) is 32.7 Å². The van der Waals surface area contributed by atoms with Crippen LogP contribution in [-0.4, -0.2) is 41.4 Å². The lowest BCUT2D eigenvalue weighted by molar-refractivity contribution is -0.0150. The fourth-order valence-electron chi connectivity index (χ4n) is 2.15. The third-order valence-electron chi connectivity index (χ3n) is 3.67. The number of ether oxygens (including phenoxy) is 1. The van der Waals surface area contributed by atoms with E-state index in [-0.39, 0.29) is 18.8 Å². The summed E-state index contributed by atoms with van der Waals surface area (Å²) in [5.74, 6) is -1.14. The fourth-order valence-corrected chi connectivity index (χ4v) is 2.15. The number of benzene rings is 1. The number of nitrogens with zero attached hydrogens (tertiary/aromatic N) is 1. The fraction of sp³-hybridized carbons (Fsp3) is 0.647. The molecule has 1 N–H and O–H groups in total. The summed E-state index contributed by atoms with van der Waals surface area (Å²) in [6.07, 6.45) is 0.293. The van der Waals surface area contributed by atoms with Crippen LogP contribution in [0, 0.1) is 11.6 Å². The summed E-state index contributed by atoms with van der Waals surface area (Å²) >= 11 is 0. The first-order chi connectivity index (χ1) is 10.3. The summed E-state index contributed by atoms with van der Waals surface area (Å²) in [6, 6.07) is 3.78. The van der Waals surface area contributed by atoms with Gasteiger partial charge in [0.25, 0.3) is 0 Å². The Morgan fingerprint density at radius 2 is 1.91 bits per heavy atom. The van der Waals surface area contributed by atoms with Crippen molar-refractivity contribution >= 4 is 0 Å². The minimum absolute atomic E-state index is 0.0567. The van der Waals surface area contributed by atoms with Gasteiger partial charge in [-0.25, -0.2) is 8.78 Å². The number of hydrogen-bond acceptors (Lipinski definition) is 3. The lowest BCUT2D eigenvalue weighted by atomic mass is 10.1. The average Bonchev–Trinajstić information content (AvgIpc) is 2.46. The number of aliphatic hydroxyl groups is 1. The predicted octanol–water partition coefficient (Wildman–Crippen LogP) is 3.35. The Bertz CT molecular complexity index is 454. The van der Waals surface area contributed by atoms with E-state index in [1.807, 2.05) is 32.6 Å². The van der Waals surface area contributed by atoms with Gasteiger partial charge in [0.1, 0.15) is 11.6 Å². The second-order valence-electron chi connectivity index (χ2n) is 5.96. The summed E-state index contributed by atoms with van der Waals surface area (Å²) in [6.45, 7) is 8.85. The Labute approximate surface area is 131 Å². The molecule has 0 aliphatic heterocycles.